The largest absolute Gasteiger partial charge is 0.256 e. The van der Waals surface area contributed by atoms with Crippen molar-refractivity contribution < 1.29 is 0 Å². The first-order chi connectivity index (χ1) is 11.7. The van der Waals surface area contributed by atoms with Gasteiger partial charge in [0.05, 0.1) is 11.0 Å². The Morgan fingerprint density at radius 1 is 0.708 bits per heavy atom. The predicted octanol–water partition coefficient (Wildman–Crippen LogP) is 4.58. The van der Waals surface area contributed by atoms with Crippen molar-refractivity contribution in [3.05, 3.63) is 77.4 Å². The Morgan fingerprint density at radius 2 is 1.54 bits per heavy atom. The molecule has 0 aliphatic heterocycles. The first-order valence-corrected chi connectivity index (χ1v) is 8.25. The Hall–Kier alpha value is -2.81. The van der Waals surface area contributed by atoms with Crippen molar-refractivity contribution in [2.75, 3.05) is 0 Å². The molecule has 0 N–H and O–H groups in total. The highest BCUT2D eigenvalue weighted by Crippen LogP contribution is 2.18. The molecule has 0 saturated heterocycles. The zero-order chi connectivity index (χ0) is 16.5. The van der Waals surface area contributed by atoms with E-state index in [0.29, 0.717) is 0 Å². The average molecular weight is 313 g/mol. The first-order valence-electron chi connectivity index (χ1n) is 8.25. The molecule has 0 radical (unpaired) electrons. The average Bonchev–Trinajstić information content (AvgIpc) is 2.59. The van der Waals surface area contributed by atoms with Gasteiger partial charge in [-0.15, -0.1) is 0 Å². The zero-order valence-electron chi connectivity index (χ0n) is 14.0. The van der Waals surface area contributed by atoms with Gasteiger partial charge in [0.15, 0.2) is 0 Å². The molecule has 0 saturated carbocycles. The number of aryl methyl sites for hydroxylation is 4. The van der Waals surface area contributed by atoms with Crippen LogP contribution in [0.5, 0.6) is 0 Å². The molecule has 0 amide bonds. The number of hydrogen-bond donors (Lipinski definition) is 0. The van der Waals surface area contributed by atoms with Gasteiger partial charge in [-0.1, -0.05) is 24.3 Å². The van der Waals surface area contributed by atoms with E-state index in [1.54, 1.807) is 0 Å². The molecule has 24 heavy (non-hydrogen) atoms. The Kier molecular flexibility index (Phi) is 3.69. The lowest BCUT2D eigenvalue weighted by Crippen LogP contribution is -1.94. The van der Waals surface area contributed by atoms with Gasteiger partial charge >= 0.3 is 0 Å². The Morgan fingerprint density at radius 3 is 2.46 bits per heavy atom. The van der Waals surface area contributed by atoms with Crippen molar-refractivity contribution in [1.29, 1.82) is 0 Å². The zero-order valence-corrected chi connectivity index (χ0v) is 14.0. The highest BCUT2D eigenvalue weighted by molar-refractivity contribution is 5.80. The quantitative estimate of drug-likeness (QED) is 0.555. The first kappa shape index (κ1) is 14.8. The number of aromatic nitrogens is 3. The monoisotopic (exact) mass is 313 g/mol. The Bertz CT molecular complexity index is 1040. The SMILES string of the molecule is Cc1ccc2cc(CCc3ccc4cnc(C)nc4c3)cnc2c1. The molecule has 4 rings (SSSR count). The van der Waals surface area contributed by atoms with Crippen LogP contribution in [-0.4, -0.2) is 15.0 Å². The van der Waals surface area contributed by atoms with Crippen LogP contribution in [-0.2, 0) is 12.8 Å². The highest BCUT2D eigenvalue weighted by atomic mass is 14.9. The summed E-state index contributed by atoms with van der Waals surface area (Å²) in [5, 5.41) is 2.30. The van der Waals surface area contributed by atoms with E-state index in [4.69, 9.17) is 0 Å². The van der Waals surface area contributed by atoms with Crippen molar-refractivity contribution >= 4 is 21.8 Å². The van der Waals surface area contributed by atoms with Crippen molar-refractivity contribution in [2.24, 2.45) is 0 Å². The number of rotatable bonds is 3. The molecule has 0 aliphatic carbocycles. The summed E-state index contributed by atoms with van der Waals surface area (Å²) in [4.78, 5) is 13.4. The van der Waals surface area contributed by atoms with E-state index < -0.39 is 0 Å². The van der Waals surface area contributed by atoms with E-state index in [1.807, 2.05) is 19.3 Å². The van der Waals surface area contributed by atoms with Gasteiger partial charge in [-0.25, -0.2) is 9.97 Å². The summed E-state index contributed by atoms with van der Waals surface area (Å²) < 4.78 is 0. The third-order valence-electron chi connectivity index (χ3n) is 4.37. The van der Waals surface area contributed by atoms with E-state index in [-0.39, 0.29) is 0 Å². The van der Waals surface area contributed by atoms with Crippen LogP contribution in [0.1, 0.15) is 22.5 Å². The third-order valence-corrected chi connectivity index (χ3v) is 4.37. The lowest BCUT2D eigenvalue weighted by atomic mass is 10.0. The normalized spacial score (nSPS) is 11.2. The molecule has 0 bridgehead atoms. The second-order valence-corrected chi connectivity index (χ2v) is 6.35. The molecule has 3 heteroatoms. The molecule has 2 heterocycles. The minimum atomic E-state index is 0.814. The maximum Gasteiger partial charge on any atom is 0.125 e. The molecule has 0 aliphatic rings. The topological polar surface area (TPSA) is 38.7 Å². The van der Waals surface area contributed by atoms with E-state index >= 15 is 0 Å². The molecular formula is C21H19N3. The molecular weight excluding hydrogens is 294 g/mol. The summed E-state index contributed by atoms with van der Waals surface area (Å²) in [6.07, 6.45) is 5.84. The van der Waals surface area contributed by atoms with Gasteiger partial charge in [0, 0.05) is 23.2 Å². The van der Waals surface area contributed by atoms with E-state index in [2.05, 4.69) is 64.3 Å². The number of nitrogens with zero attached hydrogens (tertiary/aromatic N) is 3. The Balaban J connectivity index is 1.57. The van der Waals surface area contributed by atoms with E-state index in [0.717, 1.165) is 35.1 Å². The van der Waals surface area contributed by atoms with Gasteiger partial charge in [0.25, 0.3) is 0 Å². The molecule has 3 nitrogen and oxygen atoms in total. The maximum atomic E-state index is 4.60. The van der Waals surface area contributed by atoms with Gasteiger partial charge in [0.2, 0.25) is 0 Å². The molecule has 0 fully saturated rings. The number of benzene rings is 2. The van der Waals surface area contributed by atoms with Crippen LogP contribution in [0.2, 0.25) is 0 Å². The number of fused-ring (bicyclic) bond motifs is 2. The molecule has 0 spiro atoms. The van der Waals surface area contributed by atoms with E-state index in [1.165, 1.54) is 22.1 Å². The van der Waals surface area contributed by atoms with Gasteiger partial charge in [-0.2, -0.15) is 0 Å². The van der Waals surface area contributed by atoms with E-state index in [9.17, 15) is 0 Å². The standard InChI is InChI=1S/C21H19N3/c1-14-3-7-18-10-17(12-23-20(18)9-14)5-4-16-6-8-19-13-22-15(2)24-21(19)11-16/h3,6-13H,4-5H2,1-2H3. The van der Waals surface area contributed by atoms with Crippen LogP contribution in [0.25, 0.3) is 21.8 Å². The van der Waals surface area contributed by atoms with Crippen LogP contribution < -0.4 is 0 Å². The van der Waals surface area contributed by atoms with Gasteiger partial charge < -0.3 is 0 Å². The summed E-state index contributed by atoms with van der Waals surface area (Å²) >= 11 is 0. The fourth-order valence-corrected chi connectivity index (χ4v) is 3.02. The molecule has 0 unspecified atom stereocenters. The molecule has 2 aromatic carbocycles. The minimum absolute atomic E-state index is 0.814. The fraction of sp³-hybridized carbons (Fsp3) is 0.190. The second-order valence-electron chi connectivity index (χ2n) is 6.35. The van der Waals surface area contributed by atoms with Crippen LogP contribution >= 0.6 is 0 Å². The molecule has 2 aromatic heterocycles. The van der Waals surface area contributed by atoms with Gasteiger partial charge in [-0.05, 0) is 61.6 Å². The highest BCUT2D eigenvalue weighted by Gasteiger charge is 2.02. The summed E-state index contributed by atoms with van der Waals surface area (Å²) in [5.41, 5.74) is 5.90. The van der Waals surface area contributed by atoms with Gasteiger partial charge in [0.1, 0.15) is 5.82 Å². The fourth-order valence-electron chi connectivity index (χ4n) is 3.02. The smallest absolute Gasteiger partial charge is 0.125 e. The number of pyridine rings is 1. The van der Waals surface area contributed by atoms with Gasteiger partial charge in [-0.3, -0.25) is 4.98 Å². The van der Waals surface area contributed by atoms with Crippen LogP contribution in [0.4, 0.5) is 0 Å². The lowest BCUT2D eigenvalue weighted by Gasteiger charge is -2.06. The summed E-state index contributed by atoms with van der Waals surface area (Å²) in [5.74, 6) is 0.814. The predicted molar refractivity (Wildman–Crippen MR) is 98.2 cm³/mol. The lowest BCUT2D eigenvalue weighted by molar-refractivity contribution is 0.955. The van der Waals surface area contributed by atoms with Crippen molar-refractivity contribution in [1.82, 2.24) is 15.0 Å². The Labute approximate surface area is 141 Å². The summed E-state index contributed by atoms with van der Waals surface area (Å²) in [6.45, 7) is 4.02. The van der Waals surface area contributed by atoms with Crippen molar-refractivity contribution in [3.63, 3.8) is 0 Å². The van der Waals surface area contributed by atoms with Crippen molar-refractivity contribution in [2.45, 2.75) is 26.7 Å². The summed E-state index contributed by atoms with van der Waals surface area (Å²) in [7, 11) is 0. The number of hydrogen-bond acceptors (Lipinski definition) is 3. The maximum absolute atomic E-state index is 4.60. The molecule has 118 valence electrons. The molecule has 0 atom stereocenters. The van der Waals surface area contributed by atoms with Crippen molar-refractivity contribution in [3.8, 4) is 0 Å². The third kappa shape index (κ3) is 2.98. The minimum Gasteiger partial charge on any atom is -0.256 e. The molecule has 4 aromatic rings. The van der Waals surface area contributed by atoms with Crippen LogP contribution in [0.3, 0.4) is 0 Å². The second kappa shape index (κ2) is 6.00. The van der Waals surface area contributed by atoms with Crippen LogP contribution in [0, 0.1) is 13.8 Å². The van der Waals surface area contributed by atoms with Crippen LogP contribution in [0.15, 0.2) is 54.9 Å². The summed E-state index contributed by atoms with van der Waals surface area (Å²) in [6, 6.07) is 15.1.